The number of phenolic OH excluding ortho intramolecular Hbond substituents is 1. The summed E-state index contributed by atoms with van der Waals surface area (Å²) in [5, 5.41) is 31.6. The molecule has 3 N–H and O–H groups in total. The Kier molecular flexibility index (Phi) is 4.82. The van der Waals surface area contributed by atoms with E-state index in [1.807, 2.05) is 13.1 Å². The summed E-state index contributed by atoms with van der Waals surface area (Å²) in [5.41, 5.74) is -0.668. The molecule has 0 aromatic heterocycles. The molecule has 6 heteroatoms. The first-order chi connectivity index (χ1) is 13.7. The minimum atomic E-state index is -1.34. The van der Waals surface area contributed by atoms with Crippen LogP contribution in [0.5, 0.6) is 5.75 Å². The van der Waals surface area contributed by atoms with E-state index >= 15 is 0 Å². The molecule has 0 spiro atoms. The number of benzene rings is 1. The van der Waals surface area contributed by atoms with Crippen LogP contribution in [0.15, 0.2) is 30.9 Å². The number of hydrogen-bond acceptors (Lipinski definition) is 5. The molecule has 3 aliphatic rings. The number of Topliss-reactive ketones (excluding diaryl/α,β-unsaturated/α-hetero) is 1. The van der Waals surface area contributed by atoms with E-state index in [0.717, 1.165) is 17.7 Å². The van der Waals surface area contributed by atoms with E-state index in [-0.39, 0.29) is 36.8 Å². The third-order valence-corrected chi connectivity index (χ3v) is 7.32. The zero-order valence-corrected chi connectivity index (χ0v) is 16.8. The summed E-state index contributed by atoms with van der Waals surface area (Å²) < 4.78 is 0. The van der Waals surface area contributed by atoms with Gasteiger partial charge in [0.25, 0.3) is 0 Å². The van der Waals surface area contributed by atoms with Crippen molar-refractivity contribution in [3.05, 3.63) is 42.0 Å². The highest BCUT2D eigenvalue weighted by molar-refractivity contribution is 5.88. The van der Waals surface area contributed by atoms with E-state index in [9.17, 15) is 24.9 Å². The van der Waals surface area contributed by atoms with Crippen LogP contribution in [0.2, 0.25) is 0 Å². The summed E-state index contributed by atoms with van der Waals surface area (Å²) >= 11 is 0. The Morgan fingerprint density at radius 1 is 1.38 bits per heavy atom. The fraction of sp³-hybridized carbons (Fsp3) is 0.565. The zero-order valence-electron chi connectivity index (χ0n) is 16.8. The first-order valence-electron chi connectivity index (χ1n) is 10.3. The normalized spacial score (nSPS) is 33.8. The van der Waals surface area contributed by atoms with Gasteiger partial charge in [0.1, 0.15) is 11.5 Å². The van der Waals surface area contributed by atoms with Crippen LogP contribution in [0, 0.1) is 11.8 Å². The summed E-state index contributed by atoms with van der Waals surface area (Å²) in [4.78, 5) is 26.5. The number of nitrogens with zero attached hydrogens (tertiary/aromatic N) is 1. The molecule has 0 saturated heterocycles. The number of aliphatic hydroxyl groups is 1. The van der Waals surface area contributed by atoms with Gasteiger partial charge in [0.15, 0.2) is 0 Å². The Balaban J connectivity index is 1.84. The van der Waals surface area contributed by atoms with Crippen LogP contribution in [-0.2, 0) is 21.4 Å². The number of aromatic hydroxyl groups is 1. The fourth-order valence-electron chi connectivity index (χ4n) is 5.65. The molecule has 2 saturated carbocycles. The smallest absolute Gasteiger partial charge is 0.304 e. The quantitative estimate of drug-likeness (QED) is 0.635. The third-order valence-electron chi connectivity index (χ3n) is 7.32. The Bertz CT molecular complexity index is 863. The van der Waals surface area contributed by atoms with E-state index in [1.54, 1.807) is 18.2 Å². The number of carbonyl (C=O) groups is 2. The number of likely N-dealkylation sites (N-methyl/N-ethyl adjacent to an activating group) is 1. The molecule has 6 nitrogen and oxygen atoms in total. The maximum Gasteiger partial charge on any atom is 0.304 e. The zero-order chi connectivity index (χ0) is 21.0. The molecule has 0 bridgehead atoms. The molecule has 2 fully saturated rings. The van der Waals surface area contributed by atoms with Crippen molar-refractivity contribution in [2.24, 2.45) is 11.8 Å². The summed E-state index contributed by atoms with van der Waals surface area (Å²) in [5.74, 6) is -1.21. The molecule has 4 atom stereocenters. The van der Waals surface area contributed by atoms with Gasteiger partial charge in [0.2, 0.25) is 0 Å². The van der Waals surface area contributed by atoms with Crippen molar-refractivity contribution < 1.29 is 24.9 Å². The molecule has 0 unspecified atom stereocenters. The number of aliphatic carboxylic acids is 1. The lowest BCUT2D eigenvalue weighted by molar-refractivity contribution is -0.158. The highest BCUT2D eigenvalue weighted by Gasteiger charge is 2.63. The van der Waals surface area contributed by atoms with Gasteiger partial charge >= 0.3 is 5.97 Å². The topological polar surface area (TPSA) is 98.1 Å². The second-order valence-electron chi connectivity index (χ2n) is 9.19. The highest BCUT2D eigenvalue weighted by Crippen LogP contribution is 2.56. The third kappa shape index (κ3) is 3.19. The number of phenols is 1. The molecule has 3 aliphatic carbocycles. The van der Waals surface area contributed by atoms with Gasteiger partial charge in [-0.05, 0) is 61.9 Å². The van der Waals surface area contributed by atoms with Crippen LogP contribution in [0.4, 0.5) is 0 Å². The lowest BCUT2D eigenvalue weighted by atomic mass is 9.50. The molecule has 1 aromatic rings. The van der Waals surface area contributed by atoms with Crippen molar-refractivity contribution in [2.45, 2.75) is 55.6 Å². The van der Waals surface area contributed by atoms with Gasteiger partial charge in [-0.25, -0.2) is 0 Å². The predicted octanol–water partition coefficient (Wildman–Crippen LogP) is 2.27. The van der Waals surface area contributed by atoms with E-state index in [0.29, 0.717) is 12.3 Å². The lowest BCUT2D eigenvalue weighted by Gasteiger charge is -2.59. The van der Waals surface area contributed by atoms with Crippen molar-refractivity contribution in [2.75, 3.05) is 13.6 Å². The lowest BCUT2D eigenvalue weighted by Crippen LogP contribution is -2.69. The van der Waals surface area contributed by atoms with E-state index < -0.39 is 22.9 Å². The second kappa shape index (κ2) is 6.96. The predicted molar refractivity (Wildman–Crippen MR) is 108 cm³/mol. The van der Waals surface area contributed by atoms with Crippen molar-refractivity contribution in [3.63, 3.8) is 0 Å². The average Bonchev–Trinajstić information content (AvgIpc) is 3.46. The van der Waals surface area contributed by atoms with Crippen LogP contribution in [-0.4, -0.2) is 57.2 Å². The Labute approximate surface area is 170 Å². The van der Waals surface area contributed by atoms with Crippen molar-refractivity contribution in [1.82, 2.24) is 4.90 Å². The second-order valence-corrected chi connectivity index (χ2v) is 9.19. The van der Waals surface area contributed by atoms with Gasteiger partial charge in [-0.15, -0.1) is 6.58 Å². The Morgan fingerprint density at radius 3 is 2.72 bits per heavy atom. The van der Waals surface area contributed by atoms with Crippen molar-refractivity contribution >= 4 is 11.8 Å². The number of hydrogen-bond donors (Lipinski definition) is 3. The van der Waals surface area contributed by atoms with Crippen LogP contribution in [0.25, 0.3) is 0 Å². The number of ketones is 1. The van der Waals surface area contributed by atoms with Crippen LogP contribution in [0.3, 0.4) is 0 Å². The summed E-state index contributed by atoms with van der Waals surface area (Å²) in [6.45, 7) is 4.86. The average molecular weight is 399 g/mol. The molecule has 0 radical (unpaired) electrons. The molecule has 29 heavy (non-hydrogen) atoms. The SMILES string of the molecule is C=C[C@]12CC(=O)[C@@H](CC(=O)O)C[C@@]1(O)[C@H](N(C)CC1CC1)Cc1ccc(O)cc12. The molecule has 156 valence electrons. The van der Waals surface area contributed by atoms with Gasteiger partial charge in [-0.3, -0.25) is 14.5 Å². The van der Waals surface area contributed by atoms with Gasteiger partial charge < -0.3 is 15.3 Å². The monoisotopic (exact) mass is 399 g/mol. The fourth-order valence-corrected chi connectivity index (χ4v) is 5.65. The van der Waals surface area contributed by atoms with Gasteiger partial charge in [0.05, 0.1) is 17.4 Å². The largest absolute Gasteiger partial charge is 0.508 e. The molecule has 1 aromatic carbocycles. The minimum absolute atomic E-state index is 0.00479. The number of carbonyl (C=O) groups excluding carboxylic acids is 1. The van der Waals surface area contributed by atoms with Crippen molar-refractivity contribution in [3.8, 4) is 5.75 Å². The Hall–Kier alpha value is -2.18. The number of rotatable bonds is 6. The van der Waals surface area contributed by atoms with Crippen LogP contribution < -0.4 is 0 Å². The molecule has 4 rings (SSSR count). The van der Waals surface area contributed by atoms with Crippen LogP contribution in [0.1, 0.15) is 43.2 Å². The van der Waals surface area contributed by atoms with Gasteiger partial charge in [-0.1, -0.05) is 12.1 Å². The van der Waals surface area contributed by atoms with Gasteiger partial charge in [0, 0.05) is 24.9 Å². The molecular formula is C23H29NO5. The maximum atomic E-state index is 13.0. The molecule has 0 heterocycles. The summed E-state index contributed by atoms with van der Waals surface area (Å²) in [7, 11) is 2.00. The van der Waals surface area contributed by atoms with E-state index in [1.165, 1.54) is 12.8 Å². The molecule has 0 amide bonds. The van der Waals surface area contributed by atoms with E-state index in [2.05, 4.69) is 11.5 Å². The number of carboxylic acids is 1. The maximum absolute atomic E-state index is 13.0. The van der Waals surface area contributed by atoms with E-state index in [4.69, 9.17) is 0 Å². The number of fused-ring (bicyclic) bond motifs is 3. The van der Waals surface area contributed by atoms with Crippen LogP contribution >= 0.6 is 0 Å². The molecule has 0 aliphatic heterocycles. The first-order valence-corrected chi connectivity index (χ1v) is 10.3. The summed E-state index contributed by atoms with van der Waals surface area (Å²) in [6, 6.07) is 4.86. The minimum Gasteiger partial charge on any atom is -0.508 e. The number of carboxylic acid groups (broad SMARTS) is 1. The standard InChI is InChI=1S/C23H29NO5/c1-3-22-12-19(26)16(9-21(27)28)11-23(22,29)20(24(2)13-14-4-5-14)8-15-6-7-17(25)10-18(15)22/h3,6-7,10,14,16,20,25,29H,1,4-5,8-9,11-13H2,2H3,(H,27,28)/t16-,20+,22+,23+/m0/s1. The summed E-state index contributed by atoms with van der Waals surface area (Å²) in [6.07, 6.45) is 4.41. The molecular weight excluding hydrogens is 370 g/mol. The Morgan fingerprint density at radius 2 is 2.10 bits per heavy atom. The van der Waals surface area contributed by atoms with Crippen molar-refractivity contribution in [1.29, 1.82) is 0 Å². The first kappa shape index (κ1) is 20.1. The van der Waals surface area contributed by atoms with Gasteiger partial charge in [-0.2, -0.15) is 0 Å². The highest BCUT2D eigenvalue weighted by atomic mass is 16.4.